The van der Waals surface area contributed by atoms with Crippen molar-refractivity contribution in [3.8, 4) is 5.75 Å². The van der Waals surface area contributed by atoms with E-state index < -0.39 is 22.2 Å². The third-order valence-electron chi connectivity index (χ3n) is 7.75. The van der Waals surface area contributed by atoms with E-state index in [0.29, 0.717) is 5.56 Å². The summed E-state index contributed by atoms with van der Waals surface area (Å²) in [5, 5.41) is 3.82. The summed E-state index contributed by atoms with van der Waals surface area (Å²) in [5.41, 5.74) is 1.72. The Morgan fingerprint density at radius 2 is 1.18 bits per heavy atom. The van der Waals surface area contributed by atoms with Crippen molar-refractivity contribution >= 4 is 31.5 Å². The summed E-state index contributed by atoms with van der Waals surface area (Å²) in [7, 11) is -4.25. The van der Waals surface area contributed by atoms with Crippen LogP contribution in [0.25, 0.3) is 0 Å². The van der Waals surface area contributed by atoms with Crippen molar-refractivity contribution in [1.82, 2.24) is 0 Å². The first-order valence-electron chi connectivity index (χ1n) is 13.3. The average molecular weight is 644 g/mol. The van der Waals surface area contributed by atoms with E-state index in [1.807, 2.05) is 30.3 Å². The van der Waals surface area contributed by atoms with Gasteiger partial charge in [0.2, 0.25) is 0 Å². The Labute approximate surface area is 250 Å². The van der Waals surface area contributed by atoms with Crippen LogP contribution in [0, 0.1) is 0 Å². The van der Waals surface area contributed by atoms with Crippen molar-refractivity contribution in [2.24, 2.45) is 0 Å². The predicted octanol–water partition coefficient (Wildman–Crippen LogP) is 5.31. The summed E-state index contributed by atoms with van der Waals surface area (Å²) < 4.78 is 38.1. The molecule has 4 rings (SSSR count). The maximum Gasteiger partial charge on any atom is 0.387 e. The Balaban J connectivity index is 0.00000441. The lowest BCUT2D eigenvalue weighted by atomic mass is 10.1. The van der Waals surface area contributed by atoms with Crippen molar-refractivity contribution < 1.29 is 34.9 Å². The number of hydrogen-bond acceptors (Lipinski definition) is 2. The van der Waals surface area contributed by atoms with Crippen LogP contribution in [0.1, 0.15) is 31.9 Å². The van der Waals surface area contributed by atoms with Crippen LogP contribution in [0.4, 0.5) is 8.78 Å². The van der Waals surface area contributed by atoms with Crippen LogP contribution in [-0.4, -0.2) is 14.9 Å². The SMILES string of the molecule is CC(C)(C)[Si](C)(C)OCc1cc(C[P+](c2ccccc2)(c2ccccc2)c2ccccc2)ccc1OC(F)F.[Br-]. The molecule has 7 heteroatoms. The second kappa shape index (κ2) is 13.5. The van der Waals surface area contributed by atoms with Gasteiger partial charge in [-0.25, -0.2) is 0 Å². The van der Waals surface area contributed by atoms with E-state index in [4.69, 9.17) is 9.16 Å². The molecule has 0 aliphatic rings. The lowest BCUT2D eigenvalue weighted by Crippen LogP contribution is -3.00. The normalized spacial score (nSPS) is 12.2. The minimum Gasteiger partial charge on any atom is -1.00 e. The molecule has 0 aromatic heterocycles. The molecule has 0 bridgehead atoms. The quantitative estimate of drug-likeness (QED) is 0.173. The van der Waals surface area contributed by atoms with Gasteiger partial charge in [0, 0.05) is 5.56 Å². The highest BCUT2D eigenvalue weighted by Gasteiger charge is 2.45. The molecule has 0 heterocycles. The molecule has 0 N–H and O–H groups in total. The maximum atomic E-state index is 13.4. The van der Waals surface area contributed by atoms with Crippen molar-refractivity contribution in [2.75, 3.05) is 0 Å². The lowest BCUT2D eigenvalue weighted by molar-refractivity contribution is -0.0509. The van der Waals surface area contributed by atoms with Gasteiger partial charge in [0.15, 0.2) is 8.32 Å². The van der Waals surface area contributed by atoms with E-state index in [0.717, 1.165) is 11.7 Å². The molecule has 0 spiro atoms. The van der Waals surface area contributed by atoms with Crippen LogP contribution in [-0.2, 0) is 17.2 Å². The van der Waals surface area contributed by atoms with E-state index in [-0.39, 0.29) is 34.4 Å². The summed E-state index contributed by atoms with van der Waals surface area (Å²) in [5.74, 6) is 0.176. The molecule has 4 aromatic carbocycles. The van der Waals surface area contributed by atoms with Crippen LogP contribution in [0.15, 0.2) is 109 Å². The fraction of sp³-hybridized carbons (Fsp3) is 0.273. The molecule has 0 fully saturated rings. The van der Waals surface area contributed by atoms with Gasteiger partial charge in [0.25, 0.3) is 0 Å². The highest BCUT2D eigenvalue weighted by molar-refractivity contribution is 7.95. The van der Waals surface area contributed by atoms with Crippen LogP contribution in [0.2, 0.25) is 18.1 Å². The lowest BCUT2D eigenvalue weighted by Gasteiger charge is -2.36. The Morgan fingerprint density at radius 1 is 0.725 bits per heavy atom. The number of hydrogen-bond donors (Lipinski definition) is 0. The van der Waals surface area contributed by atoms with E-state index in [9.17, 15) is 8.78 Å². The highest BCUT2D eigenvalue weighted by atomic mass is 79.9. The van der Waals surface area contributed by atoms with Crippen LogP contribution >= 0.6 is 7.26 Å². The zero-order valence-electron chi connectivity index (χ0n) is 23.8. The number of halogens is 3. The fourth-order valence-electron chi connectivity index (χ4n) is 4.57. The smallest absolute Gasteiger partial charge is 0.387 e. The Hall–Kier alpha value is -2.37. The number of rotatable bonds is 10. The second-order valence-electron chi connectivity index (χ2n) is 11.3. The molecule has 40 heavy (non-hydrogen) atoms. The Kier molecular flexibility index (Phi) is 10.9. The van der Waals surface area contributed by atoms with Gasteiger partial charge in [-0.2, -0.15) is 8.78 Å². The highest BCUT2D eigenvalue weighted by Crippen LogP contribution is 2.58. The first-order chi connectivity index (χ1) is 18.5. The van der Waals surface area contributed by atoms with Gasteiger partial charge in [-0.3, -0.25) is 0 Å². The third kappa shape index (κ3) is 7.28. The van der Waals surface area contributed by atoms with E-state index in [1.54, 1.807) is 6.07 Å². The second-order valence-corrected chi connectivity index (χ2v) is 19.6. The maximum absolute atomic E-state index is 13.4. The number of alkyl halides is 2. The molecule has 212 valence electrons. The molecule has 0 amide bonds. The molecule has 0 aliphatic carbocycles. The molecule has 0 unspecified atom stereocenters. The Bertz CT molecular complexity index is 1250. The minimum absolute atomic E-state index is 0. The molecule has 4 aromatic rings. The van der Waals surface area contributed by atoms with Crippen molar-refractivity contribution in [3.05, 3.63) is 120 Å². The predicted molar refractivity (Wildman–Crippen MR) is 164 cm³/mol. The van der Waals surface area contributed by atoms with E-state index in [2.05, 4.69) is 107 Å². The van der Waals surface area contributed by atoms with Gasteiger partial charge in [0.1, 0.15) is 28.9 Å². The summed E-state index contributed by atoms with van der Waals surface area (Å²) in [6.45, 7) is 8.19. The van der Waals surface area contributed by atoms with Crippen LogP contribution < -0.4 is 37.6 Å². The third-order valence-corrected chi connectivity index (χ3v) is 16.6. The largest absolute Gasteiger partial charge is 1.00 e. The zero-order valence-corrected chi connectivity index (χ0v) is 27.3. The van der Waals surface area contributed by atoms with Gasteiger partial charge in [0.05, 0.1) is 12.8 Å². The summed E-state index contributed by atoms with van der Waals surface area (Å²) >= 11 is 0. The van der Waals surface area contributed by atoms with E-state index in [1.165, 1.54) is 15.9 Å². The summed E-state index contributed by atoms with van der Waals surface area (Å²) in [4.78, 5) is 0. The standard InChI is InChI=1S/C33H38F2O2PSi.BrH/c1-33(2,3)39(4,5)36-24-27-23-26(21-22-31(27)37-32(34)35)25-38(28-15-9-6-10-16-28,29-17-11-7-12-18-29)30-19-13-8-14-20-30;/h6-23,32H,24-25H2,1-5H3;1H/q+1;/p-1. The minimum atomic E-state index is -2.90. The average Bonchev–Trinajstić information content (AvgIpc) is 2.92. The van der Waals surface area contributed by atoms with Crippen molar-refractivity contribution in [3.63, 3.8) is 0 Å². The fourth-order valence-corrected chi connectivity index (χ4v) is 9.75. The van der Waals surface area contributed by atoms with Crippen molar-refractivity contribution in [2.45, 2.75) is 58.3 Å². The monoisotopic (exact) mass is 642 g/mol. The van der Waals surface area contributed by atoms with Gasteiger partial charge in [-0.1, -0.05) is 81.4 Å². The molecular formula is C33H38BrF2O2PSi. The van der Waals surface area contributed by atoms with Crippen LogP contribution in [0.5, 0.6) is 5.75 Å². The Morgan fingerprint density at radius 3 is 1.57 bits per heavy atom. The first-order valence-corrected chi connectivity index (χ1v) is 18.2. The molecule has 0 atom stereocenters. The van der Waals surface area contributed by atoms with Gasteiger partial charge in [-0.05, 0) is 72.2 Å². The summed E-state index contributed by atoms with van der Waals surface area (Å²) in [6, 6.07) is 37.6. The van der Waals surface area contributed by atoms with Crippen LogP contribution in [0.3, 0.4) is 0 Å². The first kappa shape index (κ1) is 32.1. The molecule has 0 saturated heterocycles. The number of ether oxygens (including phenoxy) is 1. The topological polar surface area (TPSA) is 18.5 Å². The zero-order chi connectivity index (χ0) is 28.1. The molecule has 0 saturated carbocycles. The molecule has 2 nitrogen and oxygen atoms in total. The van der Waals surface area contributed by atoms with E-state index >= 15 is 0 Å². The molecular weight excluding hydrogens is 605 g/mol. The summed E-state index contributed by atoms with van der Waals surface area (Å²) in [6.07, 6.45) is 0.743. The van der Waals surface area contributed by atoms with Crippen molar-refractivity contribution in [1.29, 1.82) is 0 Å². The number of benzene rings is 4. The molecule has 0 radical (unpaired) electrons. The van der Waals surface area contributed by atoms with Gasteiger partial charge >= 0.3 is 6.61 Å². The molecule has 0 aliphatic heterocycles. The van der Waals surface area contributed by atoms with Gasteiger partial charge < -0.3 is 26.1 Å². The van der Waals surface area contributed by atoms with Gasteiger partial charge in [-0.15, -0.1) is 0 Å².